The molecule has 0 aliphatic carbocycles. The fraction of sp³-hybridized carbons (Fsp3) is 0. The maximum absolute atomic E-state index is 11.9. The summed E-state index contributed by atoms with van der Waals surface area (Å²) in [4.78, 5) is 11.9. The Bertz CT molecular complexity index is 846. The molecule has 0 aliphatic rings. The lowest BCUT2D eigenvalue weighted by molar-refractivity contribution is 0.262. The first-order chi connectivity index (χ1) is 10.2. The van der Waals surface area contributed by atoms with Crippen LogP contribution in [0.2, 0.25) is 0 Å². The van der Waals surface area contributed by atoms with Gasteiger partial charge in [-0.25, -0.2) is 4.79 Å². The number of benzene rings is 2. The zero-order valence-electron chi connectivity index (χ0n) is 11.0. The summed E-state index contributed by atoms with van der Waals surface area (Å²) in [6.07, 6.45) is 1.60. The number of nitriles is 1. The van der Waals surface area contributed by atoms with Gasteiger partial charge in [-0.1, -0.05) is 6.07 Å². The zero-order chi connectivity index (χ0) is 14.7. The van der Waals surface area contributed by atoms with Crippen molar-refractivity contribution < 1.29 is 9.21 Å². The number of rotatable bonds is 2. The Morgan fingerprint density at radius 1 is 1.05 bits per heavy atom. The summed E-state index contributed by atoms with van der Waals surface area (Å²) in [5.41, 5.74) is 2.49. The number of furan rings is 1. The first-order valence-corrected chi connectivity index (χ1v) is 6.30. The lowest BCUT2D eigenvalue weighted by Crippen LogP contribution is -2.19. The van der Waals surface area contributed by atoms with Crippen molar-refractivity contribution in [1.82, 2.24) is 0 Å². The fourth-order valence-electron chi connectivity index (χ4n) is 2.00. The van der Waals surface area contributed by atoms with Crippen LogP contribution in [-0.4, -0.2) is 6.03 Å². The van der Waals surface area contributed by atoms with E-state index in [1.165, 1.54) is 0 Å². The van der Waals surface area contributed by atoms with Crippen LogP contribution >= 0.6 is 0 Å². The molecule has 0 fully saturated rings. The molecule has 2 aromatic carbocycles. The normalized spacial score (nSPS) is 10.0. The quantitative estimate of drug-likeness (QED) is 0.744. The van der Waals surface area contributed by atoms with Gasteiger partial charge >= 0.3 is 6.03 Å². The number of hydrogen-bond acceptors (Lipinski definition) is 3. The summed E-state index contributed by atoms with van der Waals surface area (Å²) in [5.74, 6) is 0. The van der Waals surface area contributed by atoms with Crippen molar-refractivity contribution in [3.63, 3.8) is 0 Å². The van der Waals surface area contributed by atoms with E-state index in [9.17, 15) is 4.79 Å². The second-order valence-electron chi connectivity index (χ2n) is 4.44. The van der Waals surface area contributed by atoms with Crippen LogP contribution in [0.15, 0.2) is 59.2 Å². The van der Waals surface area contributed by atoms with Crippen LogP contribution in [0.3, 0.4) is 0 Å². The number of hydrogen-bond donors (Lipinski definition) is 2. The van der Waals surface area contributed by atoms with Gasteiger partial charge in [-0.2, -0.15) is 5.26 Å². The minimum absolute atomic E-state index is 0.368. The third kappa shape index (κ3) is 2.85. The number of carbonyl (C=O) groups excluding carboxylic acids is 1. The standard InChI is InChI=1S/C16H11N3O2/c17-10-11-2-1-3-13(8-11)18-16(20)19-14-4-5-15-12(9-14)6-7-21-15/h1-9H,(H2,18,19,20). The van der Waals surface area contributed by atoms with E-state index in [1.807, 2.05) is 18.2 Å². The molecule has 0 bridgehead atoms. The molecular weight excluding hydrogens is 266 g/mol. The summed E-state index contributed by atoms with van der Waals surface area (Å²) < 4.78 is 5.24. The molecule has 2 N–H and O–H groups in total. The van der Waals surface area contributed by atoms with Crippen LogP contribution in [-0.2, 0) is 0 Å². The number of urea groups is 1. The average Bonchev–Trinajstić information content (AvgIpc) is 2.95. The van der Waals surface area contributed by atoms with Gasteiger partial charge in [-0.3, -0.25) is 0 Å². The maximum Gasteiger partial charge on any atom is 0.323 e. The van der Waals surface area contributed by atoms with Crippen molar-refractivity contribution in [1.29, 1.82) is 5.26 Å². The zero-order valence-corrected chi connectivity index (χ0v) is 11.0. The first kappa shape index (κ1) is 12.8. The van der Waals surface area contributed by atoms with Gasteiger partial charge in [0.2, 0.25) is 0 Å². The van der Waals surface area contributed by atoms with E-state index in [-0.39, 0.29) is 6.03 Å². The number of anilines is 2. The van der Waals surface area contributed by atoms with Crippen molar-refractivity contribution >= 4 is 28.4 Å². The summed E-state index contributed by atoms with van der Waals surface area (Å²) in [6.45, 7) is 0. The smallest absolute Gasteiger partial charge is 0.323 e. The van der Waals surface area contributed by atoms with Gasteiger partial charge in [0.15, 0.2) is 0 Å². The van der Waals surface area contributed by atoms with E-state index in [1.54, 1.807) is 42.7 Å². The average molecular weight is 277 g/mol. The first-order valence-electron chi connectivity index (χ1n) is 6.30. The van der Waals surface area contributed by atoms with Gasteiger partial charge in [-0.05, 0) is 42.5 Å². The van der Waals surface area contributed by atoms with Crippen LogP contribution in [0, 0.1) is 11.3 Å². The summed E-state index contributed by atoms with van der Waals surface area (Å²) >= 11 is 0. The molecule has 2 amide bonds. The molecule has 102 valence electrons. The van der Waals surface area contributed by atoms with E-state index in [0.29, 0.717) is 16.9 Å². The van der Waals surface area contributed by atoms with Crippen molar-refractivity contribution in [3.8, 4) is 6.07 Å². The highest BCUT2D eigenvalue weighted by molar-refractivity contribution is 6.00. The molecule has 0 aliphatic heterocycles. The topological polar surface area (TPSA) is 78.1 Å². The second-order valence-corrected chi connectivity index (χ2v) is 4.44. The highest BCUT2D eigenvalue weighted by Gasteiger charge is 2.05. The van der Waals surface area contributed by atoms with Gasteiger partial charge < -0.3 is 15.1 Å². The minimum atomic E-state index is -0.368. The van der Waals surface area contributed by atoms with Gasteiger partial charge in [0, 0.05) is 16.8 Å². The Hall–Kier alpha value is -3.26. The molecule has 1 aromatic heterocycles. The molecular formula is C16H11N3O2. The van der Waals surface area contributed by atoms with E-state index in [4.69, 9.17) is 9.68 Å². The minimum Gasteiger partial charge on any atom is -0.464 e. The highest BCUT2D eigenvalue weighted by atomic mass is 16.3. The monoisotopic (exact) mass is 277 g/mol. The molecule has 3 aromatic rings. The number of nitrogens with zero attached hydrogens (tertiary/aromatic N) is 1. The fourth-order valence-corrected chi connectivity index (χ4v) is 2.00. The van der Waals surface area contributed by atoms with E-state index >= 15 is 0 Å². The summed E-state index contributed by atoms with van der Waals surface area (Å²) in [6, 6.07) is 15.6. The van der Waals surface area contributed by atoms with Crippen molar-refractivity contribution in [2.75, 3.05) is 10.6 Å². The van der Waals surface area contributed by atoms with Crippen molar-refractivity contribution in [2.45, 2.75) is 0 Å². The molecule has 21 heavy (non-hydrogen) atoms. The van der Waals surface area contributed by atoms with Gasteiger partial charge in [-0.15, -0.1) is 0 Å². The van der Waals surface area contributed by atoms with Crippen LogP contribution in [0.4, 0.5) is 16.2 Å². The maximum atomic E-state index is 11.9. The van der Waals surface area contributed by atoms with Crippen LogP contribution < -0.4 is 10.6 Å². The molecule has 3 rings (SSSR count). The number of nitrogens with one attached hydrogen (secondary N) is 2. The van der Waals surface area contributed by atoms with Crippen molar-refractivity contribution in [2.24, 2.45) is 0 Å². The lowest BCUT2D eigenvalue weighted by Gasteiger charge is -2.07. The summed E-state index contributed by atoms with van der Waals surface area (Å²) in [7, 11) is 0. The second kappa shape index (κ2) is 5.39. The molecule has 0 radical (unpaired) electrons. The SMILES string of the molecule is N#Cc1cccc(NC(=O)Nc2ccc3occc3c2)c1. The molecule has 0 spiro atoms. The van der Waals surface area contributed by atoms with Crippen LogP contribution in [0.5, 0.6) is 0 Å². The Labute approximate surface area is 120 Å². The number of carbonyl (C=O) groups is 1. The molecule has 0 unspecified atom stereocenters. The Balaban J connectivity index is 1.72. The van der Waals surface area contributed by atoms with E-state index in [0.717, 1.165) is 11.0 Å². The number of fused-ring (bicyclic) bond motifs is 1. The van der Waals surface area contributed by atoms with E-state index in [2.05, 4.69) is 10.6 Å². The lowest BCUT2D eigenvalue weighted by atomic mass is 10.2. The Morgan fingerprint density at radius 2 is 1.86 bits per heavy atom. The molecule has 0 saturated heterocycles. The van der Waals surface area contributed by atoms with E-state index < -0.39 is 0 Å². The predicted octanol–water partition coefficient (Wildman–Crippen LogP) is 3.95. The summed E-state index contributed by atoms with van der Waals surface area (Å²) in [5, 5.41) is 15.2. The molecule has 0 atom stereocenters. The third-order valence-corrected chi connectivity index (χ3v) is 2.96. The Kier molecular flexibility index (Phi) is 3.27. The molecule has 5 nitrogen and oxygen atoms in total. The molecule has 5 heteroatoms. The number of amides is 2. The van der Waals surface area contributed by atoms with Gasteiger partial charge in [0.05, 0.1) is 17.9 Å². The van der Waals surface area contributed by atoms with Crippen molar-refractivity contribution in [3.05, 3.63) is 60.4 Å². The Morgan fingerprint density at radius 3 is 2.67 bits per heavy atom. The third-order valence-electron chi connectivity index (χ3n) is 2.96. The molecule has 0 saturated carbocycles. The van der Waals surface area contributed by atoms with Gasteiger partial charge in [0.25, 0.3) is 0 Å². The van der Waals surface area contributed by atoms with Crippen LogP contribution in [0.25, 0.3) is 11.0 Å². The van der Waals surface area contributed by atoms with Gasteiger partial charge in [0.1, 0.15) is 5.58 Å². The van der Waals surface area contributed by atoms with Crippen LogP contribution in [0.1, 0.15) is 5.56 Å². The highest BCUT2D eigenvalue weighted by Crippen LogP contribution is 2.20. The largest absolute Gasteiger partial charge is 0.464 e. The predicted molar refractivity (Wildman–Crippen MR) is 80.0 cm³/mol. The molecule has 1 heterocycles.